The van der Waals surface area contributed by atoms with Crippen LogP contribution in [-0.4, -0.2) is 52.4 Å². The highest BCUT2D eigenvalue weighted by atomic mass is 31.2. The molecule has 0 heterocycles. The Morgan fingerprint density at radius 2 is 1.56 bits per heavy atom. The second kappa shape index (κ2) is 5.59. The third-order valence-corrected chi connectivity index (χ3v) is 5.24. The maximum atomic E-state index is 11.8. The zero-order valence-corrected chi connectivity index (χ0v) is 12.6. The van der Waals surface area contributed by atoms with Crippen LogP contribution >= 0.6 is 7.60 Å². The van der Waals surface area contributed by atoms with Gasteiger partial charge in [0.05, 0.1) is 21.1 Å². The van der Waals surface area contributed by atoms with Crippen LogP contribution < -0.4 is 0 Å². The van der Waals surface area contributed by atoms with E-state index in [2.05, 4.69) is 0 Å². The van der Waals surface area contributed by atoms with Crippen molar-refractivity contribution in [2.75, 3.05) is 27.7 Å². The van der Waals surface area contributed by atoms with Crippen LogP contribution in [0.25, 0.3) is 0 Å². The monoisotopic (exact) mass is 280 g/mol. The summed E-state index contributed by atoms with van der Waals surface area (Å²) in [5.41, 5.74) is 0. The molecule has 1 fully saturated rings. The van der Waals surface area contributed by atoms with Crippen molar-refractivity contribution in [2.45, 2.75) is 43.9 Å². The van der Waals surface area contributed by atoms with Crippen LogP contribution in [0.4, 0.5) is 0 Å². The zero-order valence-electron chi connectivity index (χ0n) is 11.7. The molecule has 0 amide bonds. The third-order valence-electron chi connectivity index (χ3n) is 3.72. The van der Waals surface area contributed by atoms with Gasteiger partial charge in [0, 0.05) is 5.92 Å². The number of likely N-dealkylation sites (N-methyl/N-ethyl adjacent to an activating group) is 1. The number of rotatable bonds is 4. The van der Waals surface area contributed by atoms with E-state index in [0.717, 1.165) is 25.7 Å². The molecule has 18 heavy (non-hydrogen) atoms. The summed E-state index contributed by atoms with van der Waals surface area (Å²) in [6.07, 6.45) is 5.51. The fourth-order valence-corrected chi connectivity index (χ4v) is 4.24. The van der Waals surface area contributed by atoms with Gasteiger partial charge in [0.2, 0.25) is 5.34 Å². The smallest absolute Gasteiger partial charge is 0.363 e. The van der Waals surface area contributed by atoms with Crippen LogP contribution in [0.2, 0.25) is 0 Å². The normalized spacial score (nSPS) is 23.4. The number of nitrogens with zero attached hydrogens (tertiary/aromatic N) is 1. The van der Waals surface area contributed by atoms with Gasteiger partial charge in [-0.2, -0.15) is 0 Å². The lowest BCUT2D eigenvalue weighted by Gasteiger charge is -2.40. The van der Waals surface area contributed by atoms with E-state index in [0.29, 0.717) is 17.3 Å². The van der Waals surface area contributed by atoms with E-state index in [4.69, 9.17) is 0 Å². The van der Waals surface area contributed by atoms with Gasteiger partial charge >= 0.3 is 7.60 Å². The molecule has 0 bridgehead atoms. The minimum absolute atomic E-state index is 0.0853. The van der Waals surface area contributed by atoms with Crippen molar-refractivity contribution < 1.29 is 23.9 Å². The van der Waals surface area contributed by atoms with Gasteiger partial charge < -0.3 is 19.4 Å². The first-order valence-electron chi connectivity index (χ1n) is 6.65. The first-order valence-corrected chi connectivity index (χ1v) is 8.26. The Kier molecular flexibility index (Phi) is 5.01. The standard InChI is InChI=1S/C12H26NO4P/c1-13(2,3)10-12(14,18(15,16)17)11-8-6-4-5-7-9-11/h11,14H,4-10H2,1-3H3,(H-,15,16,17)/p+1. The van der Waals surface area contributed by atoms with Crippen molar-refractivity contribution >= 4 is 7.60 Å². The molecule has 0 spiro atoms. The summed E-state index contributed by atoms with van der Waals surface area (Å²) in [4.78, 5) is 19.2. The lowest BCUT2D eigenvalue weighted by Crippen LogP contribution is -2.53. The van der Waals surface area contributed by atoms with Crippen molar-refractivity contribution in [2.24, 2.45) is 5.92 Å². The molecule has 1 aliphatic rings. The van der Waals surface area contributed by atoms with Gasteiger partial charge in [-0.15, -0.1) is 0 Å². The van der Waals surface area contributed by atoms with Gasteiger partial charge in [0.15, 0.2) is 0 Å². The molecule has 0 radical (unpaired) electrons. The average molecular weight is 280 g/mol. The van der Waals surface area contributed by atoms with Gasteiger partial charge in [0.1, 0.15) is 6.54 Å². The maximum absolute atomic E-state index is 11.8. The fourth-order valence-electron chi connectivity index (χ4n) is 2.90. The number of hydrogen-bond donors (Lipinski definition) is 3. The van der Waals surface area contributed by atoms with Crippen molar-refractivity contribution in [3.8, 4) is 0 Å². The average Bonchev–Trinajstić information content (AvgIpc) is 2.40. The highest BCUT2D eigenvalue weighted by molar-refractivity contribution is 7.53. The molecule has 0 aromatic rings. The molecule has 1 rings (SSSR count). The van der Waals surface area contributed by atoms with E-state index < -0.39 is 12.9 Å². The van der Waals surface area contributed by atoms with Gasteiger partial charge in [-0.25, -0.2) is 0 Å². The van der Waals surface area contributed by atoms with E-state index >= 15 is 0 Å². The summed E-state index contributed by atoms with van der Waals surface area (Å²) in [6.45, 7) is 0.0853. The first-order chi connectivity index (χ1) is 8.06. The highest BCUT2D eigenvalue weighted by Gasteiger charge is 2.54. The number of hydrogen-bond acceptors (Lipinski definition) is 2. The molecule has 0 saturated heterocycles. The summed E-state index contributed by atoms with van der Waals surface area (Å²) >= 11 is 0. The van der Waals surface area contributed by atoms with Crippen LogP contribution in [0.15, 0.2) is 0 Å². The summed E-state index contributed by atoms with van der Waals surface area (Å²) in [5.74, 6) is -0.293. The van der Waals surface area contributed by atoms with E-state index in [1.807, 2.05) is 21.1 Å². The van der Waals surface area contributed by atoms with E-state index in [1.54, 1.807) is 0 Å². The van der Waals surface area contributed by atoms with Crippen LogP contribution in [0.1, 0.15) is 38.5 Å². The lowest BCUT2D eigenvalue weighted by atomic mass is 9.92. The molecule has 6 heteroatoms. The van der Waals surface area contributed by atoms with Crippen molar-refractivity contribution in [1.29, 1.82) is 0 Å². The number of aliphatic hydroxyl groups is 1. The largest absolute Gasteiger partial charge is 0.373 e. The molecular weight excluding hydrogens is 253 g/mol. The Morgan fingerprint density at radius 3 is 1.89 bits per heavy atom. The minimum Gasteiger partial charge on any atom is -0.373 e. The Morgan fingerprint density at radius 1 is 1.11 bits per heavy atom. The van der Waals surface area contributed by atoms with Crippen molar-refractivity contribution in [3.05, 3.63) is 0 Å². The van der Waals surface area contributed by atoms with Gasteiger partial charge in [0.25, 0.3) is 0 Å². The summed E-state index contributed by atoms with van der Waals surface area (Å²) in [6, 6.07) is 0. The molecule has 5 nitrogen and oxygen atoms in total. The molecule has 3 N–H and O–H groups in total. The van der Waals surface area contributed by atoms with Crippen molar-refractivity contribution in [1.82, 2.24) is 0 Å². The Labute approximate surface area is 110 Å². The predicted molar refractivity (Wildman–Crippen MR) is 71.1 cm³/mol. The van der Waals surface area contributed by atoms with E-state index in [-0.39, 0.29) is 12.5 Å². The zero-order chi connectivity index (χ0) is 14.0. The fraction of sp³-hybridized carbons (Fsp3) is 1.00. The SMILES string of the molecule is C[N+](C)(C)CC(O)(C1CCCCCC1)P(=O)(O)O. The molecule has 1 atom stereocenters. The molecule has 108 valence electrons. The molecule has 0 aliphatic heterocycles. The second-order valence-electron chi connectivity index (χ2n) is 6.56. The quantitative estimate of drug-likeness (QED) is 0.414. The topological polar surface area (TPSA) is 77.8 Å². The third kappa shape index (κ3) is 4.04. The summed E-state index contributed by atoms with van der Waals surface area (Å²) < 4.78 is 12.1. The van der Waals surface area contributed by atoms with Gasteiger partial charge in [-0.05, 0) is 12.8 Å². The molecule has 1 aliphatic carbocycles. The summed E-state index contributed by atoms with van der Waals surface area (Å²) in [7, 11) is 1.00. The Bertz CT molecular complexity index is 315. The molecule has 0 aromatic carbocycles. The summed E-state index contributed by atoms with van der Waals surface area (Å²) in [5, 5.41) is 8.78. The Balaban J connectivity index is 2.99. The van der Waals surface area contributed by atoms with Crippen LogP contribution in [-0.2, 0) is 4.57 Å². The minimum atomic E-state index is -4.53. The molecule has 1 saturated carbocycles. The van der Waals surface area contributed by atoms with Crippen LogP contribution in [0, 0.1) is 5.92 Å². The van der Waals surface area contributed by atoms with E-state index in [1.165, 1.54) is 0 Å². The van der Waals surface area contributed by atoms with Crippen LogP contribution in [0.3, 0.4) is 0 Å². The first kappa shape index (κ1) is 16.1. The van der Waals surface area contributed by atoms with Gasteiger partial charge in [-0.3, -0.25) is 4.57 Å². The molecule has 0 aromatic heterocycles. The van der Waals surface area contributed by atoms with Gasteiger partial charge in [-0.1, -0.05) is 25.7 Å². The highest BCUT2D eigenvalue weighted by Crippen LogP contribution is 2.56. The second-order valence-corrected chi connectivity index (χ2v) is 8.42. The predicted octanol–water partition coefficient (Wildman–Crippen LogP) is 1.53. The molecular formula is C12H27NO4P+. The Hall–Kier alpha value is 0.0700. The van der Waals surface area contributed by atoms with Crippen LogP contribution in [0.5, 0.6) is 0 Å². The number of quaternary nitrogens is 1. The maximum Gasteiger partial charge on any atom is 0.363 e. The lowest BCUT2D eigenvalue weighted by molar-refractivity contribution is -0.875. The molecule has 1 unspecified atom stereocenters. The van der Waals surface area contributed by atoms with Crippen molar-refractivity contribution in [3.63, 3.8) is 0 Å². The van der Waals surface area contributed by atoms with E-state index in [9.17, 15) is 19.5 Å².